The highest BCUT2D eigenvalue weighted by atomic mass is 32.3. The smallest absolute Gasteiger partial charge is 0.397 e. The molecule has 0 aromatic carbocycles. The van der Waals surface area contributed by atoms with E-state index in [4.69, 9.17) is 18.9 Å². The molecule has 13 heteroatoms. The Labute approximate surface area is 378 Å². The van der Waals surface area contributed by atoms with Gasteiger partial charge in [-0.1, -0.05) is 192 Å². The van der Waals surface area contributed by atoms with Crippen LogP contribution in [0.1, 0.15) is 219 Å². The minimum Gasteiger partial charge on any atom is -0.457 e. The second-order valence-electron chi connectivity index (χ2n) is 17.4. The van der Waals surface area contributed by atoms with Crippen molar-refractivity contribution in [1.29, 1.82) is 0 Å². The first-order chi connectivity index (χ1) is 30.1. The lowest BCUT2D eigenvalue weighted by Crippen LogP contribution is -2.60. The van der Waals surface area contributed by atoms with E-state index in [1.807, 2.05) is 0 Å². The van der Waals surface area contributed by atoms with Crippen LogP contribution in [-0.2, 0) is 38.3 Å². The molecule has 1 aliphatic heterocycles. The van der Waals surface area contributed by atoms with E-state index >= 15 is 0 Å². The second-order valence-corrected chi connectivity index (χ2v) is 18.5. The number of hydrogen-bond acceptors (Lipinski definition) is 11. The van der Waals surface area contributed by atoms with Gasteiger partial charge in [0.1, 0.15) is 30.5 Å². The van der Waals surface area contributed by atoms with Crippen LogP contribution >= 0.6 is 0 Å². The Morgan fingerprint density at radius 3 is 1.56 bits per heavy atom. The largest absolute Gasteiger partial charge is 0.457 e. The highest BCUT2D eigenvalue weighted by molar-refractivity contribution is 7.80. The molecule has 1 fully saturated rings. The van der Waals surface area contributed by atoms with E-state index in [0.717, 1.165) is 51.4 Å². The predicted molar refractivity (Wildman–Crippen MR) is 248 cm³/mol. The number of allylic oxidation sites excluding steroid dienone is 4. The van der Waals surface area contributed by atoms with Gasteiger partial charge in [0.25, 0.3) is 0 Å². The summed E-state index contributed by atoms with van der Waals surface area (Å²) in [5.41, 5.74) is 0. The molecule has 12 nitrogen and oxygen atoms in total. The maximum Gasteiger partial charge on any atom is 0.397 e. The van der Waals surface area contributed by atoms with Crippen molar-refractivity contribution in [3.63, 3.8) is 0 Å². The van der Waals surface area contributed by atoms with E-state index in [-0.39, 0.29) is 19.6 Å². The molecule has 0 spiro atoms. The summed E-state index contributed by atoms with van der Waals surface area (Å²) in [6, 6.07) is 0. The number of rotatable bonds is 44. The molecule has 6 unspecified atom stereocenters. The van der Waals surface area contributed by atoms with Crippen molar-refractivity contribution in [2.75, 3.05) is 26.4 Å². The molecule has 1 heterocycles. The van der Waals surface area contributed by atoms with Gasteiger partial charge < -0.3 is 34.3 Å². The van der Waals surface area contributed by atoms with E-state index in [1.165, 1.54) is 141 Å². The lowest BCUT2D eigenvalue weighted by molar-refractivity contribution is -0.301. The summed E-state index contributed by atoms with van der Waals surface area (Å²) in [6.45, 7) is 3.99. The van der Waals surface area contributed by atoms with E-state index in [2.05, 4.69) is 42.3 Å². The summed E-state index contributed by atoms with van der Waals surface area (Å²) in [5, 5.41) is 30.7. The minimum absolute atomic E-state index is 0.0372. The van der Waals surface area contributed by atoms with Crippen LogP contribution in [0, 0.1) is 0 Å². The summed E-state index contributed by atoms with van der Waals surface area (Å²) < 4.78 is 59.2. The maximum absolute atomic E-state index is 12.9. The zero-order valence-electron chi connectivity index (χ0n) is 39.2. The van der Waals surface area contributed by atoms with Crippen LogP contribution in [0.3, 0.4) is 0 Å². The summed E-state index contributed by atoms with van der Waals surface area (Å²) in [5.74, 6) is -0.403. The molecule has 1 rings (SSSR count). The van der Waals surface area contributed by atoms with Crippen LogP contribution < -0.4 is 0 Å². The van der Waals surface area contributed by atoms with Crippen LogP contribution in [0.5, 0.6) is 0 Å². The average molecular weight is 905 g/mol. The molecule has 62 heavy (non-hydrogen) atoms. The van der Waals surface area contributed by atoms with E-state index in [1.54, 1.807) is 0 Å². The maximum atomic E-state index is 12.9. The number of ether oxygens (including phenoxy) is 4. The summed E-state index contributed by atoms with van der Waals surface area (Å²) in [4.78, 5) is 12.9. The van der Waals surface area contributed by atoms with Gasteiger partial charge in [-0.3, -0.25) is 9.35 Å². The van der Waals surface area contributed by atoms with Crippen LogP contribution in [-0.4, -0.2) is 97.5 Å². The second kappa shape index (κ2) is 41.0. The fourth-order valence-electron chi connectivity index (χ4n) is 7.76. The molecule has 0 amide bonds. The minimum atomic E-state index is -5.06. The molecule has 0 aromatic rings. The van der Waals surface area contributed by atoms with Crippen LogP contribution in [0.2, 0.25) is 0 Å². The number of unbranched alkanes of at least 4 members (excludes halogenated alkanes) is 27. The Morgan fingerprint density at radius 2 is 1.06 bits per heavy atom. The topological polar surface area (TPSA) is 178 Å². The Kier molecular flexibility index (Phi) is 38.8. The van der Waals surface area contributed by atoms with Gasteiger partial charge in [0, 0.05) is 13.0 Å². The third-order valence-electron chi connectivity index (χ3n) is 11.6. The lowest BCUT2D eigenvalue weighted by atomic mass is 9.99. The molecular formula is C49H92O12S. The van der Waals surface area contributed by atoms with Gasteiger partial charge in [-0.25, -0.2) is 4.18 Å². The predicted octanol–water partition coefficient (Wildman–Crippen LogP) is 11.2. The Morgan fingerprint density at radius 1 is 0.613 bits per heavy atom. The fraction of sp³-hybridized carbons (Fsp3) is 0.898. The first kappa shape index (κ1) is 58.6. The molecule has 1 aliphatic rings. The molecule has 0 radical (unpaired) electrons. The Bertz CT molecular complexity index is 1180. The van der Waals surface area contributed by atoms with Crippen molar-refractivity contribution in [3.05, 3.63) is 24.3 Å². The molecule has 0 aliphatic carbocycles. The van der Waals surface area contributed by atoms with Gasteiger partial charge in [0.2, 0.25) is 0 Å². The fourth-order valence-corrected chi connectivity index (χ4v) is 8.27. The highest BCUT2D eigenvalue weighted by Crippen LogP contribution is 2.26. The standard InChI is InChI=1S/C49H92O12S/c1-3-5-7-9-11-13-15-17-19-21-23-25-27-29-31-33-35-37-39-57-41-43(42-58-49-47(53)48(61-62(54,55)56)46(52)44(40-50)60-49)59-45(51)38-36-34-32-30-28-26-24-22-20-18-16-14-12-10-8-6-4-2/h12,14,18,20,43-44,46-50,52-53H,3-11,13,15-17,19,21-42H2,1-2H3,(H,54,55,56)/b14-12-,20-18-. The Hall–Kier alpha value is -1.42. The number of aliphatic hydroxyl groups is 3. The Balaban J connectivity index is 2.37. The number of carbonyl (C=O) groups is 1. The quantitative estimate of drug-likeness (QED) is 0.0197. The van der Waals surface area contributed by atoms with Crippen LogP contribution in [0.25, 0.3) is 0 Å². The molecule has 0 bridgehead atoms. The normalized spacial score (nSPS) is 20.1. The van der Waals surface area contributed by atoms with Gasteiger partial charge in [0.05, 0.1) is 19.8 Å². The number of hydrogen-bond donors (Lipinski definition) is 4. The average Bonchev–Trinajstić information content (AvgIpc) is 3.24. The summed E-state index contributed by atoms with van der Waals surface area (Å²) >= 11 is 0. The molecule has 6 atom stereocenters. The number of aliphatic hydroxyl groups excluding tert-OH is 3. The van der Waals surface area contributed by atoms with E-state index < -0.39 is 59.8 Å². The van der Waals surface area contributed by atoms with Crippen molar-refractivity contribution < 1.29 is 56.2 Å². The molecule has 366 valence electrons. The van der Waals surface area contributed by atoms with E-state index in [9.17, 15) is 33.1 Å². The SMILES string of the molecule is CCCCC/C=C\C/C=C\CCCCCCCCCC(=O)OC(COCCCCCCCCCCCCCCCCCCCC)COC1OC(CO)C(O)C(OS(=O)(=O)O)C1O. The monoisotopic (exact) mass is 905 g/mol. The highest BCUT2D eigenvalue weighted by Gasteiger charge is 2.48. The lowest BCUT2D eigenvalue weighted by Gasteiger charge is -2.41. The molecule has 1 saturated heterocycles. The zero-order valence-corrected chi connectivity index (χ0v) is 40.0. The third kappa shape index (κ3) is 34.0. The third-order valence-corrected chi connectivity index (χ3v) is 12.0. The van der Waals surface area contributed by atoms with Crippen molar-refractivity contribution in [2.45, 2.75) is 256 Å². The van der Waals surface area contributed by atoms with Crippen molar-refractivity contribution in [2.24, 2.45) is 0 Å². The van der Waals surface area contributed by atoms with E-state index in [0.29, 0.717) is 13.0 Å². The van der Waals surface area contributed by atoms with Gasteiger partial charge in [-0.05, 0) is 44.9 Å². The first-order valence-corrected chi connectivity index (χ1v) is 26.5. The van der Waals surface area contributed by atoms with Gasteiger partial charge in [-0.2, -0.15) is 8.42 Å². The van der Waals surface area contributed by atoms with Crippen LogP contribution in [0.15, 0.2) is 24.3 Å². The van der Waals surface area contributed by atoms with Crippen LogP contribution in [0.4, 0.5) is 0 Å². The van der Waals surface area contributed by atoms with Crippen molar-refractivity contribution in [3.8, 4) is 0 Å². The van der Waals surface area contributed by atoms with Gasteiger partial charge in [0.15, 0.2) is 6.29 Å². The first-order valence-electron chi connectivity index (χ1n) is 25.1. The summed E-state index contributed by atoms with van der Waals surface area (Å²) in [6.07, 6.45) is 37.7. The van der Waals surface area contributed by atoms with Crippen molar-refractivity contribution in [1.82, 2.24) is 0 Å². The van der Waals surface area contributed by atoms with Crippen molar-refractivity contribution >= 4 is 16.4 Å². The van der Waals surface area contributed by atoms with Gasteiger partial charge in [-0.15, -0.1) is 0 Å². The molecule has 0 saturated carbocycles. The molecule has 0 aromatic heterocycles. The molecule has 4 N–H and O–H groups in total. The molecular weight excluding hydrogens is 813 g/mol. The number of esters is 1. The number of carbonyl (C=O) groups excluding carboxylic acids is 1. The summed E-state index contributed by atoms with van der Waals surface area (Å²) in [7, 11) is -5.06. The zero-order chi connectivity index (χ0) is 45.4. The van der Waals surface area contributed by atoms with Gasteiger partial charge >= 0.3 is 16.4 Å².